The molecule has 1 aromatic rings. The number of allylic oxidation sites excluding steroid dienone is 1. The quantitative estimate of drug-likeness (QED) is 0.443. The van der Waals surface area contributed by atoms with Gasteiger partial charge in [-0.2, -0.15) is 0 Å². The first-order valence-corrected chi connectivity index (χ1v) is 14.3. The Morgan fingerprint density at radius 2 is 1.84 bits per heavy atom. The molecule has 0 aliphatic heterocycles. The third-order valence-electron chi connectivity index (χ3n) is 10.5. The van der Waals surface area contributed by atoms with Gasteiger partial charge in [0.15, 0.2) is 5.78 Å². The highest BCUT2D eigenvalue weighted by Gasteiger charge is 2.60. The van der Waals surface area contributed by atoms with Crippen LogP contribution in [0.1, 0.15) is 70.8 Å². The number of ketones is 1. The van der Waals surface area contributed by atoms with E-state index >= 15 is 0 Å². The van der Waals surface area contributed by atoms with Gasteiger partial charge >= 0.3 is 5.97 Å². The number of nitrogens with two attached hydrogens (primary N) is 1. The number of carbonyl (C=O) groups is 2. The van der Waals surface area contributed by atoms with Gasteiger partial charge in [-0.15, -0.1) is 0 Å². The first kappa shape index (κ1) is 27.4. The molecule has 1 aromatic carbocycles. The van der Waals surface area contributed by atoms with Gasteiger partial charge in [-0.3, -0.25) is 9.59 Å². The predicted molar refractivity (Wildman–Crippen MR) is 143 cm³/mol. The molecule has 3 fully saturated rings. The third-order valence-corrected chi connectivity index (χ3v) is 10.5. The van der Waals surface area contributed by atoms with Gasteiger partial charge in [0.25, 0.3) is 0 Å². The minimum Gasteiger partial charge on any atom is -0.491 e. The van der Waals surface area contributed by atoms with Crippen LogP contribution in [0.25, 0.3) is 0 Å². The standard InChI is InChI=1S/C31H43NO6/c1-30-13-11-21(34)16-20(30)5-8-24-25-9-10-28(31(25,2)14-12-26(24)30)38-29(36)27(32)15-19-3-6-23(7-4-19)37-18-22(35)17-33/h3-4,6-7,16,22,24-28,33,35H,5,8-15,17-18,32H2,1-2H3/t22?,24-,25-,26-,27-,28-,30-,31-/m0/s1. The Bertz CT molecular complexity index is 1070. The van der Waals surface area contributed by atoms with Gasteiger partial charge in [-0.1, -0.05) is 31.6 Å². The van der Waals surface area contributed by atoms with E-state index in [1.54, 1.807) is 12.1 Å². The molecule has 3 saturated carbocycles. The molecule has 0 aromatic heterocycles. The topological polar surface area (TPSA) is 119 Å². The molecule has 4 N–H and O–H groups in total. The van der Waals surface area contributed by atoms with Crippen molar-refractivity contribution >= 4 is 11.8 Å². The fourth-order valence-electron chi connectivity index (χ4n) is 8.24. The highest BCUT2D eigenvalue weighted by molar-refractivity contribution is 5.91. The third kappa shape index (κ3) is 5.05. The van der Waals surface area contributed by atoms with Gasteiger partial charge in [0.2, 0.25) is 0 Å². The zero-order valence-corrected chi connectivity index (χ0v) is 22.7. The van der Waals surface area contributed by atoms with Crippen molar-refractivity contribution in [3.63, 3.8) is 0 Å². The Kier molecular flexibility index (Phi) is 7.73. The van der Waals surface area contributed by atoms with E-state index in [4.69, 9.17) is 20.3 Å². The minimum absolute atomic E-state index is 0.0151. The monoisotopic (exact) mass is 525 g/mol. The van der Waals surface area contributed by atoms with Crippen LogP contribution in [-0.2, 0) is 20.7 Å². The summed E-state index contributed by atoms with van der Waals surface area (Å²) in [5, 5.41) is 18.3. The highest BCUT2D eigenvalue weighted by atomic mass is 16.5. The van der Waals surface area contributed by atoms with Crippen molar-refractivity contribution in [2.75, 3.05) is 13.2 Å². The van der Waals surface area contributed by atoms with Crippen LogP contribution in [0.4, 0.5) is 0 Å². The molecule has 7 heteroatoms. The number of ether oxygens (including phenoxy) is 2. The summed E-state index contributed by atoms with van der Waals surface area (Å²) in [6, 6.07) is 6.51. The zero-order valence-electron chi connectivity index (χ0n) is 22.7. The van der Waals surface area contributed by atoms with Crippen LogP contribution >= 0.6 is 0 Å². The second-order valence-electron chi connectivity index (χ2n) is 12.6. The summed E-state index contributed by atoms with van der Waals surface area (Å²) in [7, 11) is 0. The van der Waals surface area contributed by atoms with Crippen LogP contribution in [0.2, 0.25) is 0 Å². The van der Waals surface area contributed by atoms with Crippen molar-refractivity contribution in [2.45, 2.75) is 89.9 Å². The molecule has 38 heavy (non-hydrogen) atoms. The van der Waals surface area contributed by atoms with Crippen LogP contribution in [0.5, 0.6) is 5.75 Å². The van der Waals surface area contributed by atoms with Gasteiger partial charge in [0.05, 0.1) is 6.61 Å². The van der Waals surface area contributed by atoms with E-state index in [0.29, 0.717) is 42.1 Å². The number of esters is 1. The molecule has 0 amide bonds. The maximum absolute atomic E-state index is 13.1. The van der Waals surface area contributed by atoms with E-state index in [1.165, 1.54) is 5.57 Å². The summed E-state index contributed by atoms with van der Waals surface area (Å²) in [6.07, 6.45) is 9.29. The Balaban J connectivity index is 1.19. The lowest BCUT2D eigenvalue weighted by Crippen LogP contribution is -2.52. The molecule has 0 heterocycles. The molecule has 5 rings (SSSR count). The second-order valence-corrected chi connectivity index (χ2v) is 12.6. The molecule has 7 nitrogen and oxygen atoms in total. The van der Waals surface area contributed by atoms with E-state index < -0.39 is 12.1 Å². The largest absolute Gasteiger partial charge is 0.491 e. The number of aliphatic hydroxyl groups excluding tert-OH is 2. The average molecular weight is 526 g/mol. The lowest BCUT2D eigenvalue weighted by Gasteiger charge is -2.57. The number of benzene rings is 1. The van der Waals surface area contributed by atoms with Gasteiger partial charge in [-0.25, -0.2) is 0 Å². The van der Waals surface area contributed by atoms with Crippen molar-refractivity contribution < 1.29 is 29.3 Å². The first-order chi connectivity index (χ1) is 18.1. The maximum Gasteiger partial charge on any atom is 0.323 e. The van der Waals surface area contributed by atoms with Gasteiger partial charge in [-0.05, 0) is 98.3 Å². The van der Waals surface area contributed by atoms with Gasteiger partial charge < -0.3 is 25.4 Å². The number of carbonyl (C=O) groups excluding carboxylic acids is 2. The molecule has 0 spiro atoms. The SMILES string of the molecule is C[C@]12CC[C@H]3[C@@H](CCC4=CC(=O)CC[C@@]43C)[C@@H]1CC[C@@H]2OC(=O)[C@@H](N)Cc1ccc(OCC(O)CO)cc1. The number of aliphatic hydroxyl groups is 2. The summed E-state index contributed by atoms with van der Waals surface area (Å²) >= 11 is 0. The van der Waals surface area contributed by atoms with Gasteiger partial charge in [0, 0.05) is 11.8 Å². The number of hydrogen-bond donors (Lipinski definition) is 3. The fraction of sp³-hybridized carbons (Fsp3) is 0.677. The summed E-state index contributed by atoms with van der Waals surface area (Å²) < 4.78 is 11.6. The summed E-state index contributed by atoms with van der Waals surface area (Å²) in [5.74, 6) is 2.32. The smallest absolute Gasteiger partial charge is 0.323 e. The number of hydrogen-bond acceptors (Lipinski definition) is 7. The summed E-state index contributed by atoms with van der Waals surface area (Å²) in [6.45, 7) is 4.39. The molecule has 208 valence electrons. The Morgan fingerprint density at radius 1 is 1.08 bits per heavy atom. The molecule has 8 atom stereocenters. The molecule has 4 aliphatic carbocycles. The van der Waals surface area contributed by atoms with Crippen molar-refractivity contribution in [2.24, 2.45) is 34.3 Å². The van der Waals surface area contributed by atoms with Crippen LogP contribution in [0, 0.1) is 28.6 Å². The van der Waals surface area contributed by atoms with Crippen LogP contribution < -0.4 is 10.5 Å². The minimum atomic E-state index is -0.918. The van der Waals surface area contributed by atoms with E-state index in [2.05, 4.69) is 13.8 Å². The zero-order chi connectivity index (χ0) is 27.1. The molecule has 0 saturated heterocycles. The molecule has 0 bridgehead atoms. The molecular formula is C31H43NO6. The Labute approximate surface area is 225 Å². The summed E-state index contributed by atoms with van der Waals surface area (Å²) in [4.78, 5) is 25.2. The summed E-state index contributed by atoms with van der Waals surface area (Å²) in [5.41, 5.74) is 8.72. The Morgan fingerprint density at radius 3 is 2.58 bits per heavy atom. The number of fused-ring (bicyclic) bond motifs is 5. The predicted octanol–water partition coefficient (Wildman–Crippen LogP) is 3.73. The van der Waals surface area contributed by atoms with Crippen molar-refractivity contribution in [3.8, 4) is 5.75 Å². The average Bonchev–Trinajstić information content (AvgIpc) is 3.24. The second kappa shape index (κ2) is 10.7. The van der Waals surface area contributed by atoms with E-state index in [-0.39, 0.29) is 36.1 Å². The first-order valence-electron chi connectivity index (χ1n) is 14.3. The van der Waals surface area contributed by atoms with Crippen molar-refractivity contribution in [1.82, 2.24) is 0 Å². The normalized spacial score (nSPS) is 35.8. The van der Waals surface area contributed by atoms with Crippen LogP contribution in [0.3, 0.4) is 0 Å². The number of rotatable bonds is 8. The highest BCUT2D eigenvalue weighted by Crippen LogP contribution is 2.65. The Hall–Kier alpha value is -2.22. The van der Waals surface area contributed by atoms with Crippen molar-refractivity contribution in [3.05, 3.63) is 41.5 Å². The molecule has 1 unspecified atom stereocenters. The van der Waals surface area contributed by atoms with E-state index in [1.807, 2.05) is 18.2 Å². The molecule has 0 radical (unpaired) electrons. The van der Waals surface area contributed by atoms with E-state index in [0.717, 1.165) is 50.5 Å². The van der Waals surface area contributed by atoms with E-state index in [9.17, 15) is 14.7 Å². The molecule has 4 aliphatic rings. The lowest BCUT2D eigenvalue weighted by atomic mass is 9.47. The lowest BCUT2D eigenvalue weighted by molar-refractivity contribution is -0.161. The maximum atomic E-state index is 13.1. The fourth-order valence-corrected chi connectivity index (χ4v) is 8.24. The van der Waals surface area contributed by atoms with Crippen molar-refractivity contribution in [1.29, 1.82) is 0 Å². The van der Waals surface area contributed by atoms with Crippen LogP contribution in [0.15, 0.2) is 35.9 Å². The van der Waals surface area contributed by atoms with Crippen LogP contribution in [-0.4, -0.2) is 53.4 Å². The van der Waals surface area contributed by atoms with Gasteiger partial charge in [0.1, 0.15) is 30.6 Å². The molecular weight excluding hydrogens is 482 g/mol.